The lowest BCUT2D eigenvalue weighted by Gasteiger charge is -2.13. The summed E-state index contributed by atoms with van der Waals surface area (Å²) in [5, 5.41) is -0.712. The first kappa shape index (κ1) is 12.5. The molecule has 0 N–H and O–H groups in total. The molecule has 6 nitrogen and oxygen atoms in total. The molecule has 1 saturated heterocycles. The van der Waals surface area contributed by atoms with Gasteiger partial charge in [-0.2, -0.15) is 0 Å². The Morgan fingerprint density at radius 1 is 1.35 bits per heavy atom. The highest BCUT2D eigenvalue weighted by molar-refractivity contribution is 8.14. The molecule has 1 amide bonds. The molecule has 92 valence electrons. The summed E-state index contributed by atoms with van der Waals surface area (Å²) in [6.45, 7) is -0.0129. The zero-order valence-electron chi connectivity index (χ0n) is 8.38. The fourth-order valence-corrected chi connectivity index (χ4v) is 2.65. The van der Waals surface area contributed by atoms with Gasteiger partial charge in [0.2, 0.25) is 15.0 Å². The van der Waals surface area contributed by atoms with Crippen molar-refractivity contribution in [1.82, 2.24) is 9.97 Å². The molecule has 0 aliphatic carbocycles. The monoisotopic (exact) mass is 295 g/mol. The van der Waals surface area contributed by atoms with Gasteiger partial charge in [0.15, 0.2) is 5.82 Å². The van der Waals surface area contributed by atoms with Gasteiger partial charge < -0.3 is 0 Å². The number of hydrogen-bond acceptors (Lipinski definition) is 5. The zero-order valence-corrected chi connectivity index (χ0v) is 10.7. The zero-order chi connectivity index (χ0) is 12.6. The molecule has 0 aromatic carbocycles. The van der Waals surface area contributed by atoms with Gasteiger partial charge >= 0.3 is 0 Å². The largest absolute Gasteiger partial charge is 0.294 e. The summed E-state index contributed by atoms with van der Waals surface area (Å²) in [4.78, 5) is 20.5. The normalized spacial score (nSPS) is 20.9. The third-order valence-corrected chi connectivity index (χ3v) is 4.43. The summed E-state index contributed by atoms with van der Waals surface area (Å²) >= 11 is 5.56. The summed E-state index contributed by atoms with van der Waals surface area (Å²) in [5.74, 6) is -0.0851. The van der Waals surface area contributed by atoms with Crippen LogP contribution in [0.25, 0.3) is 0 Å². The van der Waals surface area contributed by atoms with E-state index in [1.165, 1.54) is 17.3 Å². The number of carbonyl (C=O) groups excluding carboxylic acids is 1. The highest BCUT2D eigenvalue weighted by Gasteiger charge is 2.38. The van der Waals surface area contributed by atoms with Gasteiger partial charge in [-0.15, -0.1) is 0 Å². The maximum absolute atomic E-state index is 11.6. The second-order valence-corrected chi connectivity index (χ2v) is 6.80. The summed E-state index contributed by atoms with van der Waals surface area (Å²) in [6, 6.07) is 0. The highest BCUT2D eigenvalue weighted by Crippen LogP contribution is 2.25. The van der Waals surface area contributed by atoms with E-state index in [1.54, 1.807) is 0 Å². The van der Waals surface area contributed by atoms with E-state index in [-0.39, 0.29) is 29.8 Å². The molecule has 1 fully saturated rings. The molecular formula is C8H7Cl2N3O3S. The van der Waals surface area contributed by atoms with Crippen LogP contribution in [0.1, 0.15) is 6.42 Å². The quantitative estimate of drug-likeness (QED) is 0.754. The van der Waals surface area contributed by atoms with E-state index in [0.29, 0.717) is 0 Å². The number of anilines is 1. The molecule has 1 aliphatic heterocycles. The highest BCUT2D eigenvalue weighted by atomic mass is 35.7. The van der Waals surface area contributed by atoms with E-state index < -0.39 is 14.3 Å². The van der Waals surface area contributed by atoms with E-state index in [0.717, 1.165) is 0 Å². The van der Waals surface area contributed by atoms with Crippen molar-refractivity contribution in [1.29, 1.82) is 0 Å². The van der Waals surface area contributed by atoms with E-state index in [1.807, 2.05) is 0 Å². The van der Waals surface area contributed by atoms with Crippen LogP contribution in [-0.4, -0.2) is 36.1 Å². The number of amides is 1. The van der Waals surface area contributed by atoms with Crippen LogP contribution in [0, 0.1) is 0 Å². The molecule has 2 rings (SSSR count). The number of aromatic nitrogens is 2. The summed E-state index contributed by atoms with van der Waals surface area (Å²) in [5.41, 5.74) is 0. The molecule has 2 heterocycles. The molecule has 1 aliphatic rings. The molecule has 0 spiro atoms. The van der Waals surface area contributed by atoms with Gasteiger partial charge in [0.1, 0.15) is 10.4 Å². The first-order valence-electron chi connectivity index (χ1n) is 4.59. The second-order valence-electron chi connectivity index (χ2n) is 3.50. The SMILES string of the molecule is O=C1CC(S(=O)(=O)Cl)CN1c1cnc(Cl)cn1. The lowest BCUT2D eigenvalue weighted by atomic mass is 10.4. The second kappa shape index (κ2) is 4.40. The molecule has 1 aromatic rings. The molecular weight excluding hydrogens is 289 g/mol. The van der Waals surface area contributed by atoms with Gasteiger partial charge in [-0.3, -0.25) is 9.69 Å². The molecule has 17 heavy (non-hydrogen) atoms. The predicted molar refractivity (Wildman–Crippen MR) is 62.6 cm³/mol. The van der Waals surface area contributed by atoms with Gasteiger partial charge in [-0.05, 0) is 0 Å². The van der Waals surface area contributed by atoms with Crippen LogP contribution in [0.4, 0.5) is 5.82 Å². The minimum Gasteiger partial charge on any atom is -0.294 e. The number of halogens is 2. The van der Waals surface area contributed by atoms with Crippen LogP contribution in [0.5, 0.6) is 0 Å². The predicted octanol–water partition coefficient (Wildman–Crippen LogP) is 0.804. The Morgan fingerprint density at radius 2 is 2.06 bits per heavy atom. The third-order valence-electron chi connectivity index (χ3n) is 2.37. The topological polar surface area (TPSA) is 80.2 Å². The smallest absolute Gasteiger partial charge is 0.237 e. The lowest BCUT2D eigenvalue weighted by molar-refractivity contribution is -0.117. The van der Waals surface area contributed by atoms with Crippen molar-refractivity contribution in [2.75, 3.05) is 11.4 Å². The molecule has 1 aromatic heterocycles. The Morgan fingerprint density at radius 3 is 2.53 bits per heavy atom. The Labute approximate surface area is 107 Å². The van der Waals surface area contributed by atoms with Crippen LogP contribution in [0.15, 0.2) is 12.4 Å². The molecule has 0 bridgehead atoms. The van der Waals surface area contributed by atoms with Gasteiger partial charge in [-0.1, -0.05) is 11.6 Å². The van der Waals surface area contributed by atoms with Crippen molar-refractivity contribution in [2.45, 2.75) is 11.7 Å². The standard InChI is InChI=1S/C8H7Cl2N3O3S/c9-6-2-12-7(3-11-6)13-4-5(1-8(13)14)17(10,15)16/h2-3,5H,1,4H2. The van der Waals surface area contributed by atoms with Crippen LogP contribution in [-0.2, 0) is 13.8 Å². The number of carbonyl (C=O) groups is 1. The summed E-state index contributed by atoms with van der Waals surface area (Å²) in [7, 11) is 1.47. The van der Waals surface area contributed by atoms with Crippen molar-refractivity contribution in [3.8, 4) is 0 Å². The van der Waals surface area contributed by atoms with Gasteiger partial charge in [0.05, 0.1) is 12.4 Å². The van der Waals surface area contributed by atoms with Crippen LogP contribution in [0.3, 0.4) is 0 Å². The van der Waals surface area contributed by atoms with Crippen LogP contribution >= 0.6 is 22.3 Å². The molecule has 0 radical (unpaired) electrons. The number of hydrogen-bond donors (Lipinski definition) is 0. The maximum Gasteiger partial charge on any atom is 0.237 e. The van der Waals surface area contributed by atoms with E-state index in [9.17, 15) is 13.2 Å². The Hall–Kier alpha value is -0.920. The minimum absolute atomic E-state index is 0.0129. The lowest BCUT2D eigenvalue weighted by Crippen LogP contribution is -2.27. The Bertz CT molecular complexity index is 546. The molecule has 9 heteroatoms. The minimum atomic E-state index is -3.75. The van der Waals surface area contributed by atoms with Crippen LogP contribution < -0.4 is 4.90 Å². The first-order valence-corrected chi connectivity index (χ1v) is 7.34. The summed E-state index contributed by atoms with van der Waals surface area (Å²) < 4.78 is 22.3. The number of rotatable bonds is 2. The van der Waals surface area contributed by atoms with Gasteiger partial charge in [-0.25, -0.2) is 18.4 Å². The van der Waals surface area contributed by atoms with E-state index in [4.69, 9.17) is 22.3 Å². The van der Waals surface area contributed by atoms with Crippen molar-refractivity contribution in [3.05, 3.63) is 17.5 Å². The van der Waals surface area contributed by atoms with E-state index >= 15 is 0 Å². The number of nitrogens with zero attached hydrogens (tertiary/aromatic N) is 3. The average Bonchev–Trinajstić information content (AvgIpc) is 2.61. The van der Waals surface area contributed by atoms with Gasteiger partial charge in [0, 0.05) is 23.6 Å². The summed E-state index contributed by atoms with van der Waals surface area (Å²) in [6.07, 6.45) is 2.45. The van der Waals surface area contributed by atoms with Crippen molar-refractivity contribution < 1.29 is 13.2 Å². The Kier molecular flexibility index (Phi) is 3.24. The first-order chi connectivity index (χ1) is 7.88. The fraction of sp³-hybridized carbons (Fsp3) is 0.375. The fourth-order valence-electron chi connectivity index (χ4n) is 1.53. The maximum atomic E-state index is 11.6. The van der Waals surface area contributed by atoms with Crippen molar-refractivity contribution >= 4 is 43.1 Å². The van der Waals surface area contributed by atoms with Crippen molar-refractivity contribution in [3.63, 3.8) is 0 Å². The Balaban J connectivity index is 2.24. The average molecular weight is 296 g/mol. The van der Waals surface area contributed by atoms with E-state index in [2.05, 4.69) is 9.97 Å². The molecule has 0 saturated carbocycles. The molecule has 1 atom stereocenters. The molecule has 1 unspecified atom stereocenters. The van der Waals surface area contributed by atoms with Gasteiger partial charge in [0.25, 0.3) is 0 Å². The van der Waals surface area contributed by atoms with Crippen LogP contribution in [0.2, 0.25) is 5.15 Å². The third kappa shape index (κ3) is 2.67. The van der Waals surface area contributed by atoms with Crippen molar-refractivity contribution in [2.24, 2.45) is 0 Å².